The molecule has 0 unspecified atom stereocenters. The lowest BCUT2D eigenvalue weighted by molar-refractivity contribution is -0.120. The molecule has 0 aromatic heterocycles. The number of anilines is 1. The second-order valence-electron chi connectivity index (χ2n) is 6.00. The summed E-state index contributed by atoms with van der Waals surface area (Å²) >= 11 is 0. The van der Waals surface area contributed by atoms with E-state index in [1.54, 1.807) is 17.0 Å². The number of methoxy groups -OCH3 is 1. The lowest BCUT2D eigenvalue weighted by Gasteiger charge is -2.30. The highest BCUT2D eigenvalue weighted by molar-refractivity contribution is 5.99. The Bertz CT molecular complexity index is 800. The third-order valence-corrected chi connectivity index (χ3v) is 4.40. The smallest absolute Gasteiger partial charge is 0.338 e. The van der Waals surface area contributed by atoms with Gasteiger partial charge in [0.1, 0.15) is 5.75 Å². The molecule has 3 rings (SSSR count). The van der Waals surface area contributed by atoms with Crippen LogP contribution < -0.4 is 9.64 Å². The lowest BCUT2D eigenvalue weighted by Crippen LogP contribution is -2.39. The molecule has 0 spiro atoms. The number of carbonyl (C=O) groups excluding carboxylic acids is 2. The van der Waals surface area contributed by atoms with Gasteiger partial charge >= 0.3 is 5.97 Å². The minimum absolute atomic E-state index is 0.0350. The second kappa shape index (κ2) is 7.38. The van der Waals surface area contributed by atoms with E-state index in [-0.39, 0.29) is 18.5 Å². The van der Waals surface area contributed by atoms with E-state index in [9.17, 15) is 9.59 Å². The molecule has 1 aliphatic rings. The molecule has 130 valence electrons. The van der Waals surface area contributed by atoms with Crippen molar-refractivity contribution in [1.82, 2.24) is 0 Å². The number of nitrogens with zero attached hydrogens (tertiary/aromatic N) is 1. The molecular weight excluding hydrogens is 318 g/mol. The van der Waals surface area contributed by atoms with Gasteiger partial charge in [0.2, 0.25) is 0 Å². The lowest BCUT2D eigenvalue weighted by atomic mass is 9.96. The predicted octanol–water partition coefficient (Wildman–Crippen LogP) is 3.14. The van der Waals surface area contributed by atoms with Crippen LogP contribution in [0, 0.1) is 6.92 Å². The third-order valence-electron chi connectivity index (χ3n) is 4.40. The summed E-state index contributed by atoms with van der Waals surface area (Å²) in [5.41, 5.74) is 3.15. The second-order valence-corrected chi connectivity index (χ2v) is 6.00. The molecule has 0 radical (unpaired) electrons. The van der Waals surface area contributed by atoms with Crippen molar-refractivity contribution in [1.29, 1.82) is 0 Å². The van der Waals surface area contributed by atoms with Gasteiger partial charge in [-0.1, -0.05) is 24.3 Å². The fraction of sp³-hybridized carbons (Fsp3) is 0.300. The molecule has 2 aromatic rings. The molecule has 0 atom stereocenters. The van der Waals surface area contributed by atoms with Crippen LogP contribution >= 0.6 is 0 Å². The van der Waals surface area contributed by atoms with Crippen molar-refractivity contribution in [3.05, 3.63) is 59.2 Å². The van der Waals surface area contributed by atoms with E-state index < -0.39 is 0 Å². The van der Waals surface area contributed by atoms with Crippen molar-refractivity contribution in [2.24, 2.45) is 0 Å². The molecular formula is C20H21NO4. The van der Waals surface area contributed by atoms with Crippen LogP contribution in [-0.2, 0) is 16.0 Å². The van der Waals surface area contributed by atoms with Crippen molar-refractivity contribution in [2.45, 2.75) is 19.8 Å². The van der Waals surface area contributed by atoms with E-state index in [2.05, 4.69) is 0 Å². The summed E-state index contributed by atoms with van der Waals surface area (Å²) in [7, 11) is 1.36. The Balaban J connectivity index is 1.80. The van der Waals surface area contributed by atoms with Crippen LogP contribution in [-0.4, -0.2) is 32.1 Å². The number of hydrogen-bond donors (Lipinski definition) is 0. The van der Waals surface area contributed by atoms with Gasteiger partial charge in [-0.25, -0.2) is 4.79 Å². The predicted molar refractivity (Wildman–Crippen MR) is 95.1 cm³/mol. The molecule has 0 saturated heterocycles. The zero-order chi connectivity index (χ0) is 17.8. The maximum atomic E-state index is 12.7. The summed E-state index contributed by atoms with van der Waals surface area (Å²) in [4.78, 5) is 26.3. The van der Waals surface area contributed by atoms with E-state index in [0.717, 1.165) is 29.7 Å². The van der Waals surface area contributed by atoms with Crippen LogP contribution in [0.2, 0.25) is 0 Å². The van der Waals surface area contributed by atoms with Crippen LogP contribution in [0.1, 0.15) is 27.9 Å². The van der Waals surface area contributed by atoms with Crippen molar-refractivity contribution < 1.29 is 19.1 Å². The maximum Gasteiger partial charge on any atom is 0.338 e. The minimum atomic E-state index is -0.373. The average Bonchev–Trinajstić information content (AvgIpc) is 2.65. The number of ether oxygens (including phenoxy) is 2. The Morgan fingerprint density at radius 2 is 1.92 bits per heavy atom. The number of aryl methyl sites for hydroxylation is 1. The fourth-order valence-electron chi connectivity index (χ4n) is 3.12. The Labute approximate surface area is 147 Å². The Morgan fingerprint density at radius 3 is 2.68 bits per heavy atom. The molecule has 0 aliphatic carbocycles. The summed E-state index contributed by atoms with van der Waals surface area (Å²) in [6.07, 6.45) is 1.56. The zero-order valence-corrected chi connectivity index (χ0v) is 14.5. The topological polar surface area (TPSA) is 55.8 Å². The van der Waals surface area contributed by atoms with Gasteiger partial charge in [0.25, 0.3) is 5.91 Å². The number of benzene rings is 2. The van der Waals surface area contributed by atoms with Crippen molar-refractivity contribution >= 4 is 17.6 Å². The maximum absolute atomic E-state index is 12.7. The van der Waals surface area contributed by atoms with Crippen molar-refractivity contribution in [3.8, 4) is 5.75 Å². The molecule has 0 bridgehead atoms. The highest BCUT2D eigenvalue weighted by atomic mass is 16.5. The van der Waals surface area contributed by atoms with Gasteiger partial charge in [-0.3, -0.25) is 4.79 Å². The first-order valence-corrected chi connectivity index (χ1v) is 8.31. The zero-order valence-electron chi connectivity index (χ0n) is 14.5. The molecule has 0 saturated carbocycles. The van der Waals surface area contributed by atoms with E-state index in [1.807, 2.05) is 37.3 Å². The monoisotopic (exact) mass is 339 g/mol. The largest absolute Gasteiger partial charge is 0.483 e. The van der Waals surface area contributed by atoms with E-state index in [0.29, 0.717) is 17.9 Å². The van der Waals surface area contributed by atoms with Crippen molar-refractivity contribution in [3.63, 3.8) is 0 Å². The number of fused-ring (bicyclic) bond motifs is 1. The van der Waals surface area contributed by atoms with Crippen LogP contribution in [0.5, 0.6) is 5.75 Å². The number of hydrogen-bond acceptors (Lipinski definition) is 4. The van der Waals surface area contributed by atoms with Gasteiger partial charge in [-0.2, -0.15) is 0 Å². The van der Waals surface area contributed by atoms with E-state index in [4.69, 9.17) is 9.47 Å². The number of amides is 1. The molecule has 2 aromatic carbocycles. The molecule has 5 heteroatoms. The molecule has 0 fully saturated rings. The standard InChI is InChI=1S/C20H21NO4/c1-14-7-3-4-11-18(14)25-13-19(22)21-12-6-9-15-16(20(23)24-2)8-5-10-17(15)21/h3-5,7-8,10-11H,6,9,12-13H2,1-2H3. The first kappa shape index (κ1) is 17.0. The van der Waals surface area contributed by atoms with Crippen LogP contribution in [0.3, 0.4) is 0 Å². The van der Waals surface area contributed by atoms with E-state index in [1.165, 1.54) is 7.11 Å². The molecule has 0 N–H and O–H groups in total. The fourth-order valence-corrected chi connectivity index (χ4v) is 3.12. The van der Waals surface area contributed by atoms with Crippen LogP contribution in [0.4, 0.5) is 5.69 Å². The van der Waals surface area contributed by atoms with Crippen LogP contribution in [0.15, 0.2) is 42.5 Å². The number of para-hydroxylation sites is 1. The molecule has 25 heavy (non-hydrogen) atoms. The summed E-state index contributed by atoms with van der Waals surface area (Å²) in [6.45, 7) is 2.53. The highest BCUT2D eigenvalue weighted by Gasteiger charge is 2.26. The van der Waals surface area contributed by atoms with Gasteiger partial charge in [0.15, 0.2) is 6.61 Å². The summed E-state index contributed by atoms with van der Waals surface area (Å²) in [5, 5.41) is 0. The number of rotatable bonds is 4. The Hall–Kier alpha value is -2.82. The highest BCUT2D eigenvalue weighted by Crippen LogP contribution is 2.30. The Kier molecular flexibility index (Phi) is 5.03. The van der Waals surface area contributed by atoms with Gasteiger partial charge in [-0.15, -0.1) is 0 Å². The average molecular weight is 339 g/mol. The summed E-state index contributed by atoms with van der Waals surface area (Å²) < 4.78 is 10.5. The first-order valence-electron chi connectivity index (χ1n) is 8.31. The molecule has 1 heterocycles. The minimum Gasteiger partial charge on any atom is -0.483 e. The van der Waals surface area contributed by atoms with Gasteiger partial charge in [0.05, 0.1) is 12.7 Å². The third kappa shape index (κ3) is 3.50. The van der Waals surface area contributed by atoms with Gasteiger partial charge in [0, 0.05) is 12.2 Å². The van der Waals surface area contributed by atoms with Gasteiger partial charge < -0.3 is 14.4 Å². The van der Waals surface area contributed by atoms with Crippen molar-refractivity contribution in [2.75, 3.05) is 25.2 Å². The van der Waals surface area contributed by atoms with E-state index >= 15 is 0 Å². The molecule has 5 nitrogen and oxygen atoms in total. The first-order chi connectivity index (χ1) is 12.1. The molecule has 1 amide bonds. The number of esters is 1. The summed E-state index contributed by atoms with van der Waals surface area (Å²) in [5.74, 6) is 0.213. The quantitative estimate of drug-likeness (QED) is 0.803. The SMILES string of the molecule is COC(=O)c1cccc2c1CCCN2C(=O)COc1ccccc1C. The number of carbonyl (C=O) groups is 2. The Morgan fingerprint density at radius 1 is 1.12 bits per heavy atom. The van der Waals surface area contributed by atoms with Crippen LogP contribution in [0.25, 0.3) is 0 Å². The normalized spacial score (nSPS) is 13.1. The molecule has 1 aliphatic heterocycles. The summed E-state index contributed by atoms with van der Waals surface area (Å²) in [6, 6.07) is 13.0. The van der Waals surface area contributed by atoms with Gasteiger partial charge in [-0.05, 0) is 49.1 Å².